The number of azo groups is 1. The first kappa shape index (κ1) is 24.8. The number of benzene rings is 2. The van der Waals surface area contributed by atoms with E-state index in [2.05, 4.69) is 62.3 Å². The SMILES string of the molecule is CC=C(C)C1=C(c2c(C)c(C)c(C)c(C)c2C)N=Nc2c(C)c(C)c(C)c(C)c2OC(C)O1. The second-order valence-corrected chi connectivity index (χ2v) is 9.33. The van der Waals surface area contributed by atoms with E-state index in [0.717, 1.165) is 39.4 Å². The molecule has 0 amide bonds. The summed E-state index contributed by atoms with van der Waals surface area (Å²) >= 11 is 0. The van der Waals surface area contributed by atoms with Gasteiger partial charge < -0.3 is 9.47 Å². The Bertz CT molecular complexity index is 1200. The van der Waals surface area contributed by atoms with Crippen LogP contribution in [0.2, 0.25) is 0 Å². The van der Waals surface area contributed by atoms with E-state index in [9.17, 15) is 0 Å². The molecule has 1 aliphatic heterocycles. The topological polar surface area (TPSA) is 43.2 Å². The molecule has 1 atom stereocenters. The van der Waals surface area contributed by atoms with E-state index in [0.29, 0.717) is 5.76 Å². The molecule has 0 spiro atoms. The molecule has 2 aromatic carbocycles. The summed E-state index contributed by atoms with van der Waals surface area (Å²) in [6, 6.07) is 0. The van der Waals surface area contributed by atoms with Crippen LogP contribution in [0.3, 0.4) is 0 Å². The fraction of sp³-hybridized carbons (Fsp3) is 0.448. The highest BCUT2D eigenvalue weighted by Crippen LogP contribution is 2.43. The third kappa shape index (κ3) is 4.12. The van der Waals surface area contributed by atoms with E-state index in [1.807, 2.05) is 26.8 Å². The number of hydrogen-bond acceptors (Lipinski definition) is 4. The maximum Gasteiger partial charge on any atom is 0.238 e. The molecule has 0 bridgehead atoms. The second-order valence-electron chi connectivity index (χ2n) is 9.33. The number of nitrogens with zero attached hydrogens (tertiary/aromatic N) is 2. The van der Waals surface area contributed by atoms with E-state index in [-0.39, 0.29) is 0 Å². The number of fused-ring (bicyclic) bond motifs is 1. The van der Waals surface area contributed by atoms with E-state index < -0.39 is 6.29 Å². The molecular weight excluding hydrogens is 408 g/mol. The third-order valence-corrected chi connectivity index (χ3v) is 7.66. The van der Waals surface area contributed by atoms with Crippen LogP contribution in [0, 0.1) is 62.3 Å². The molecule has 1 heterocycles. The number of ether oxygens (including phenoxy) is 2. The zero-order valence-corrected chi connectivity index (χ0v) is 22.4. The van der Waals surface area contributed by atoms with Crippen molar-refractivity contribution >= 4 is 11.4 Å². The number of allylic oxidation sites excluding steroid dienone is 2. The molecular formula is C29H38N2O2. The first-order chi connectivity index (χ1) is 15.4. The Hall–Kier alpha value is -2.88. The van der Waals surface area contributed by atoms with Gasteiger partial charge in [0.25, 0.3) is 0 Å². The van der Waals surface area contributed by atoms with Crippen LogP contribution >= 0.6 is 0 Å². The van der Waals surface area contributed by atoms with Crippen LogP contribution in [-0.2, 0) is 4.74 Å². The Kier molecular flexibility index (Phi) is 6.88. The highest BCUT2D eigenvalue weighted by molar-refractivity contribution is 5.77. The monoisotopic (exact) mass is 446 g/mol. The van der Waals surface area contributed by atoms with Crippen molar-refractivity contribution < 1.29 is 9.47 Å². The van der Waals surface area contributed by atoms with E-state index in [4.69, 9.17) is 19.7 Å². The average molecular weight is 447 g/mol. The van der Waals surface area contributed by atoms with Crippen molar-refractivity contribution in [2.24, 2.45) is 10.2 Å². The normalized spacial score (nSPS) is 16.6. The molecule has 0 aromatic heterocycles. The number of hydrogen-bond donors (Lipinski definition) is 0. The number of rotatable bonds is 2. The maximum atomic E-state index is 6.47. The molecule has 0 radical (unpaired) electrons. The van der Waals surface area contributed by atoms with Crippen LogP contribution < -0.4 is 4.74 Å². The molecule has 0 fully saturated rings. The lowest BCUT2D eigenvalue weighted by Crippen LogP contribution is -2.18. The van der Waals surface area contributed by atoms with Gasteiger partial charge in [0.1, 0.15) is 11.4 Å². The van der Waals surface area contributed by atoms with Crippen molar-refractivity contribution in [2.45, 2.75) is 89.4 Å². The lowest BCUT2D eigenvalue weighted by atomic mass is 9.87. The van der Waals surface area contributed by atoms with Gasteiger partial charge in [0.15, 0.2) is 11.5 Å². The van der Waals surface area contributed by atoms with Gasteiger partial charge >= 0.3 is 0 Å². The largest absolute Gasteiger partial charge is 0.453 e. The fourth-order valence-electron chi connectivity index (χ4n) is 4.51. The quantitative estimate of drug-likeness (QED) is 0.463. The van der Waals surface area contributed by atoms with Crippen LogP contribution in [0.4, 0.5) is 5.69 Å². The van der Waals surface area contributed by atoms with Gasteiger partial charge in [-0.1, -0.05) is 6.08 Å². The summed E-state index contributed by atoms with van der Waals surface area (Å²) in [5.41, 5.74) is 14.5. The summed E-state index contributed by atoms with van der Waals surface area (Å²) in [6.45, 7) is 25.3. The molecule has 1 aliphatic rings. The minimum Gasteiger partial charge on any atom is -0.453 e. The highest BCUT2D eigenvalue weighted by atomic mass is 16.7. The lowest BCUT2D eigenvalue weighted by molar-refractivity contribution is -0.0250. The van der Waals surface area contributed by atoms with Crippen molar-refractivity contribution in [3.8, 4) is 5.75 Å². The van der Waals surface area contributed by atoms with Crippen molar-refractivity contribution in [3.63, 3.8) is 0 Å². The second kappa shape index (κ2) is 9.17. The molecule has 1 unspecified atom stereocenters. The molecule has 0 saturated heterocycles. The van der Waals surface area contributed by atoms with Crippen LogP contribution in [0.15, 0.2) is 27.6 Å². The van der Waals surface area contributed by atoms with Crippen molar-refractivity contribution in [3.05, 3.63) is 73.0 Å². The van der Waals surface area contributed by atoms with E-state index in [1.165, 1.54) is 38.9 Å². The van der Waals surface area contributed by atoms with Crippen molar-refractivity contribution in [1.29, 1.82) is 0 Å². The zero-order valence-electron chi connectivity index (χ0n) is 22.4. The van der Waals surface area contributed by atoms with E-state index in [1.54, 1.807) is 0 Å². The molecule has 0 N–H and O–H groups in total. The van der Waals surface area contributed by atoms with Crippen LogP contribution in [-0.4, -0.2) is 6.29 Å². The first-order valence-corrected chi connectivity index (χ1v) is 11.7. The zero-order chi connectivity index (χ0) is 24.8. The molecule has 3 rings (SSSR count). The van der Waals surface area contributed by atoms with Gasteiger partial charge in [-0.05, 0) is 132 Å². The lowest BCUT2D eigenvalue weighted by Gasteiger charge is -2.24. The van der Waals surface area contributed by atoms with Gasteiger partial charge in [-0.25, -0.2) is 0 Å². The van der Waals surface area contributed by atoms with Gasteiger partial charge in [0, 0.05) is 12.5 Å². The Morgan fingerprint density at radius 1 is 0.667 bits per heavy atom. The third-order valence-electron chi connectivity index (χ3n) is 7.66. The maximum absolute atomic E-state index is 6.47. The smallest absolute Gasteiger partial charge is 0.238 e. The molecule has 2 aromatic rings. The molecule has 4 heteroatoms. The predicted octanol–water partition coefficient (Wildman–Crippen LogP) is 8.64. The highest BCUT2D eigenvalue weighted by Gasteiger charge is 2.26. The molecule has 0 saturated carbocycles. The average Bonchev–Trinajstić information content (AvgIpc) is 2.86. The summed E-state index contributed by atoms with van der Waals surface area (Å²) in [6.07, 6.45) is 1.55. The minimum absolute atomic E-state index is 0.499. The summed E-state index contributed by atoms with van der Waals surface area (Å²) in [5.74, 6) is 1.45. The summed E-state index contributed by atoms with van der Waals surface area (Å²) < 4.78 is 12.8. The Labute approximate surface area is 199 Å². The molecule has 0 aliphatic carbocycles. The summed E-state index contributed by atoms with van der Waals surface area (Å²) in [7, 11) is 0. The van der Waals surface area contributed by atoms with Crippen LogP contribution in [0.1, 0.15) is 76.4 Å². The first-order valence-electron chi connectivity index (χ1n) is 11.7. The molecule has 4 nitrogen and oxygen atoms in total. The standard InChI is InChI=1S/C29H38N2O2/c1-13-14(2)28-27(25-20(8)16(4)15(3)17(5)21(25)9)31-30-26-22(10)18(6)19(7)23(11)29(26)33-24(12)32-28/h13,24H,1-12H3. The summed E-state index contributed by atoms with van der Waals surface area (Å²) in [4.78, 5) is 0. The van der Waals surface area contributed by atoms with Crippen molar-refractivity contribution in [1.82, 2.24) is 0 Å². The Balaban J connectivity index is 2.46. The van der Waals surface area contributed by atoms with Gasteiger partial charge in [0.2, 0.25) is 6.29 Å². The Morgan fingerprint density at radius 2 is 1.15 bits per heavy atom. The predicted molar refractivity (Wildman–Crippen MR) is 138 cm³/mol. The van der Waals surface area contributed by atoms with Gasteiger partial charge in [-0.3, -0.25) is 0 Å². The molecule has 33 heavy (non-hydrogen) atoms. The van der Waals surface area contributed by atoms with Crippen LogP contribution in [0.5, 0.6) is 5.75 Å². The van der Waals surface area contributed by atoms with Crippen molar-refractivity contribution in [2.75, 3.05) is 0 Å². The fourth-order valence-corrected chi connectivity index (χ4v) is 4.51. The molecule has 176 valence electrons. The van der Waals surface area contributed by atoms with Gasteiger partial charge in [-0.15, -0.1) is 10.2 Å². The van der Waals surface area contributed by atoms with Crippen LogP contribution in [0.25, 0.3) is 5.70 Å². The summed E-state index contributed by atoms with van der Waals surface area (Å²) in [5, 5.41) is 9.73. The minimum atomic E-state index is -0.499. The Morgan fingerprint density at radius 3 is 1.70 bits per heavy atom. The van der Waals surface area contributed by atoms with Gasteiger partial charge in [0.05, 0.1) is 0 Å². The van der Waals surface area contributed by atoms with Gasteiger partial charge in [-0.2, -0.15) is 0 Å². The van der Waals surface area contributed by atoms with E-state index >= 15 is 0 Å².